The highest BCUT2D eigenvalue weighted by Crippen LogP contribution is 2.36. The van der Waals surface area contributed by atoms with Gasteiger partial charge in [0.15, 0.2) is 0 Å². The summed E-state index contributed by atoms with van der Waals surface area (Å²) in [6, 6.07) is 12.3. The zero-order chi connectivity index (χ0) is 15.5. The number of benzene rings is 2. The second-order valence-corrected chi connectivity index (χ2v) is 5.31. The summed E-state index contributed by atoms with van der Waals surface area (Å²) in [4.78, 5) is 0. The third-order valence-electron chi connectivity index (χ3n) is 2.96. The van der Waals surface area contributed by atoms with Gasteiger partial charge < -0.3 is 4.74 Å². The van der Waals surface area contributed by atoms with Crippen molar-refractivity contribution in [1.82, 2.24) is 0 Å². The van der Waals surface area contributed by atoms with E-state index in [0.717, 1.165) is 0 Å². The van der Waals surface area contributed by atoms with E-state index < -0.39 is 18.3 Å². The van der Waals surface area contributed by atoms with Gasteiger partial charge in [0.25, 0.3) is 0 Å². The Labute approximate surface area is 122 Å². The van der Waals surface area contributed by atoms with E-state index in [4.69, 9.17) is 4.74 Å². The number of para-hydroxylation sites is 1. The molecule has 21 heavy (non-hydrogen) atoms. The molecule has 0 aliphatic heterocycles. The lowest BCUT2D eigenvalue weighted by Crippen LogP contribution is -2.26. The van der Waals surface area contributed by atoms with E-state index in [9.17, 15) is 13.2 Å². The van der Waals surface area contributed by atoms with Gasteiger partial charge in [-0.25, -0.2) is 4.39 Å². The second-order valence-electron chi connectivity index (χ2n) is 5.31. The van der Waals surface area contributed by atoms with Crippen molar-refractivity contribution < 1.29 is 17.9 Å². The van der Waals surface area contributed by atoms with Crippen molar-refractivity contribution in [2.24, 2.45) is 5.92 Å². The Morgan fingerprint density at radius 1 is 0.952 bits per heavy atom. The molecule has 0 fully saturated rings. The number of ether oxygens (including phenoxy) is 1. The van der Waals surface area contributed by atoms with Crippen molar-refractivity contribution in [3.05, 3.63) is 54.3 Å². The Bertz CT molecular complexity index is 608. The highest BCUT2D eigenvalue weighted by molar-refractivity contribution is 5.70. The third kappa shape index (κ3) is 4.00. The van der Waals surface area contributed by atoms with Crippen molar-refractivity contribution >= 4 is 0 Å². The molecule has 0 radical (unpaired) electrons. The smallest absolute Gasteiger partial charge is 0.398 e. The molecule has 112 valence electrons. The molecule has 0 aromatic heterocycles. The topological polar surface area (TPSA) is 9.23 Å². The molecule has 0 saturated heterocycles. The first-order valence-corrected chi connectivity index (χ1v) is 6.80. The molecule has 0 aliphatic carbocycles. The van der Waals surface area contributed by atoms with Gasteiger partial charge in [-0.3, -0.25) is 0 Å². The fourth-order valence-corrected chi connectivity index (χ4v) is 2.14. The Morgan fingerprint density at radius 3 is 2.14 bits per heavy atom. The average molecular weight is 294 g/mol. The highest BCUT2D eigenvalue weighted by Gasteiger charge is 2.33. The Kier molecular flexibility index (Phi) is 4.56. The van der Waals surface area contributed by atoms with Gasteiger partial charge in [-0.2, -0.15) is 8.78 Å². The normalized spacial score (nSPS) is 11.7. The van der Waals surface area contributed by atoms with Crippen LogP contribution in [-0.2, 0) is 0 Å². The van der Waals surface area contributed by atoms with E-state index in [2.05, 4.69) is 0 Å². The molecule has 0 unspecified atom stereocenters. The standard InChI is InChI=1S/C17H17F3O/c1-12(2)11-17(19,20)21-16-10-6-4-8-14(16)13-7-3-5-9-15(13)18/h3-10,12H,11H2,1-2H3. The molecule has 2 aromatic carbocycles. The summed E-state index contributed by atoms with van der Waals surface area (Å²) in [5, 5.41) is 0. The zero-order valence-corrected chi connectivity index (χ0v) is 11.9. The van der Waals surface area contributed by atoms with E-state index in [1.54, 1.807) is 44.2 Å². The molecule has 0 saturated carbocycles. The van der Waals surface area contributed by atoms with Crippen molar-refractivity contribution in [2.45, 2.75) is 26.4 Å². The summed E-state index contributed by atoms with van der Waals surface area (Å²) in [6.45, 7) is 3.39. The minimum absolute atomic E-state index is 0.0201. The minimum atomic E-state index is -3.28. The van der Waals surface area contributed by atoms with Crippen LogP contribution in [0.4, 0.5) is 13.2 Å². The van der Waals surface area contributed by atoms with Crippen LogP contribution >= 0.6 is 0 Å². The molecule has 0 heterocycles. The third-order valence-corrected chi connectivity index (χ3v) is 2.96. The first-order chi connectivity index (χ1) is 9.89. The molecular weight excluding hydrogens is 277 g/mol. The predicted octanol–water partition coefficient (Wildman–Crippen LogP) is 5.51. The second kappa shape index (κ2) is 6.20. The van der Waals surface area contributed by atoms with Crippen LogP contribution in [0.3, 0.4) is 0 Å². The quantitative estimate of drug-likeness (QED) is 0.706. The lowest BCUT2D eigenvalue weighted by molar-refractivity contribution is -0.186. The molecule has 0 N–H and O–H groups in total. The summed E-state index contributed by atoms with van der Waals surface area (Å²) in [7, 11) is 0. The number of halogens is 3. The van der Waals surface area contributed by atoms with E-state index in [0.29, 0.717) is 5.56 Å². The van der Waals surface area contributed by atoms with E-state index in [1.807, 2.05) is 0 Å². The lowest BCUT2D eigenvalue weighted by atomic mass is 10.0. The van der Waals surface area contributed by atoms with E-state index >= 15 is 0 Å². The molecule has 0 atom stereocenters. The molecular formula is C17H17F3O. The van der Waals surface area contributed by atoms with E-state index in [-0.39, 0.29) is 17.2 Å². The predicted molar refractivity (Wildman–Crippen MR) is 76.9 cm³/mol. The monoisotopic (exact) mass is 294 g/mol. The van der Waals surface area contributed by atoms with Crippen molar-refractivity contribution in [3.8, 4) is 16.9 Å². The van der Waals surface area contributed by atoms with Gasteiger partial charge in [-0.05, 0) is 18.1 Å². The van der Waals surface area contributed by atoms with Crippen molar-refractivity contribution in [3.63, 3.8) is 0 Å². The average Bonchev–Trinajstić information content (AvgIpc) is 2.38. The fraction of sp³-hybridized carbons (Fsp3) is 0.294. The summed E-state index contributed by atoms with van der Waals surface area (Å²) < 4.78 is 46.4. The van der Waals surface area contributed by atoms with Gasteiger partial charge in [0.1, 0.15) is 11.6 Å². The van der Waals surface area contributed by atoms with Gasteiger partial charge in [0, 0.05) is 11.1 Å². The molecule has 0 amide bonds. The highest BCUT2D eigenvalue weighted by atomic mass is 19.3. The number of alkyl halides is 2. The molecule has 2 rings (SSSR count). The van der Waals surface area contributed by atoms with Crippen LogP contribution in [0.1, 0.15) is 20.3 Å². The maximum absolute atomic E-state index is 13.9. The molecule has 2 aromatic rings. The Morgan fingerprint density at radius 2 is 1.52 bits per heavy atom. The summed E-state index contributed by atoms with van der Waals surface area (Å²) in [5.74, 6) is -0.699. The van der Waals surface area contributed by atoms with Crippen molar-refractivity contribution in [2.75, 3.05) is 0 Å². The minimum Gasteiger partial charge on any atom is -0.432 e. The number of hydrogen-bond acceptors (Lipinski definition) is 1. The lowest BCUT2D eigenvalue weighted by Gasteiger charge is -2.21. The van der Waals surface area contributed by atoms with Crippen LogP contribution in [0.2, 0.25) is 0 Å². The molecule has 1 nitrogen and oxygen atoms in total. The van der Waals surface area contributed by atoms with Gasteiger partial charge in [-0.15, -0.1) is 0 Å². The Balaban J connectivity index is 2.36. The van der Waals surface area contributed by atoms with Gasteiger partial charge in [-0.1, -0.05) is 50.2 Å². The van der Waals surface area contributed by atoms with Gasteiger partial charge in [0.05, 0.1) is 6.42 Å². The zero-order valence-electron chi connectivity index (χ0n) is 11.9. The van der Waals surface area contributed by atoms with Crippen LogP contribution in [0.5, 0.6) is 5.75 Å². The maximum Gasteiger partial charge on any atom is 0.398 e. The first-order valence-electron chi connectivity index (χ1n) is 6.80. The molecule has 0 aliphatic rings. The van der Waals surface area contributed by atoms with E-state index in [1.165, 1.54) is 18.2 Å². The fourth-order valence-electron chi connectivity index (χ4n) is 2.14. The van der Waals surface area contributed by atoms with Crippen LogP contribution in [0.25, 0.3) is 11.1 Å². The Hall–Kier alpha value is -1.97. The van der Waals surface area contributed by atoms with Crippen LogP contribution in [0, 0.1) is 11.7 Å². The molecule has 0 bridgehead atoms. The van der Waals surface area contributed by atoms with Gasteiger partial charge in [0.2, 0.25) is 0 Å². The van der Waals surface area contributed by atoms with Crippen molar-refractivity contribution in [1.29, 1.82) is 0 Å². The number of rotatable bonds is 5. The molecule has 0 spiro atoms. The largest absolute Gasteiger partial charge is 0.432 e. The molecule has 4 heteroatoms. The SMILES string of the molecule is CC(C)CC(F)(F)Oc1ccccc1-c1ccccc1F. The first kappa shape index (κ1) is 15.4. The number of hydrogen-bond donors (Lipinski definition) is 0. The van der Waals surface area contributed by atoms with Crippen LogP contribution in [0.15, 0.2) is 48.5 Å². The van der Waals surface area contributed by atoms with Crippen LogP contribution < -0.4 is 4.74 Å². The summed E-state index contributed by atoms with van der Waals surface area (Å²) in [6.07, 6.45) is -3.67. The maximum atomic E-state index is 13.9. The summed E-state index contributed by atoms with van der Waals surface area (Å²) in [5.41, 5.74) is 0.562. The summed E-state index contributed by atoms with van der Waals surface area (Å²) >= 11 is 0. The van der Waals surface area contributed by atoms with Crippen LogP contribution in [-0.4, -0.2) is 6.11 Å². The van der Waals surface area contributed by atoms with Gasteiger partial charge >= 0.3 is 6.11 Å².